The first kappa shape index (κ1) is 12.9. The summed E-state index contributed by atoms with van der Waals surface area (Å²) in [4.78, 5) is 1.84. The summed E-state index contributed by atoms with van der Waals surface area (Å²) in [5.74, 6) is -0.566. The summed E-state index contributed by atoms with van der Waals surface area (Å²) in [5.41, 5.74) is 7.50. The van der Waals surface area contributed by atoms with Crippen LogP contribution in [0.4, 0.5) is 15.8 Å². The Labute approximate surface area is 110 Å². The topological polar surface area (TPSA) is 61.8 Å². The molecule has 0 aromatic heterocycles. The van der Waals surface area contributed by atoms with Gasteiger partial charge < -0.3 is 15.8 Å². The van der Waals surface area contributed by atoms with E-state index in [9.17, 15) is 4.39 Å². The Hall–Kier alpha value is -2.56. The minimum atomic E-state index is -0.438. The van der Waals surface area contributed by atoms with E-state index in [2.05, 4.69) is 5.16 Å². The molecule has 2 rings (SSSR count). The summed E-state index contributed by atoms with van der Waals surface area (Å²) in [6.45, 7) is 0. The highest BCUT2D eigenvalue weighted by atomic mass is 19.1. The number of hydrogen-bond donors (Lipinski definition) is 2. The Morgan fingerprint density at radius 2 is 1.89 bits per heavy atom. The molecule has 19 heavy (non-hydrogen) atoms. The van der Waals surface area contributed by atoms with Gasteiger partial charge in [0.05, 0.1) is 5.69 Å². The van der Waals surface area contributed by atoms with Crippen molar-refractivity contribution in [3.05, 3.63) is 59.9 Å². The second-order valence-electron chi connectivity index (χ2n) is 4.04. The summed E-state index contributed by atoms with van der Waals surface area (Å²) in [6, 6.07) is 13.7. The number of anilines is 2. The van der Waals surface area contributed by atoms with Crippen LogP contribution in [0.2, 0.25) is 0 Å². The molecule has 0 amide bonds. The quantitative estimate of drug-likeness (QED) is 0.385. The average Bonchev–Trinajstić information content (AvgIpc) is 2.46. The lowest BCUT2D eigenvalue weighted by Gasteiger charge is -2.22. The third-order valence-electron chi connectivity index (χ3n) is 2.85. The van der Waals surface area contributed by atoms with E-state index in [1.54, 1.807) is 6.07 Å². The van der Waals surface area contributed by atoms with E-state index < -0.39 is 5.82 Å². The predicted molar refractivity (Wildman–Crippen MR) is 73.4 cm³/mol. The lowest BCUT2D eigenvalue weighted by Crippen LogP contribution is -2.19. The first-order valence-electron chi connectivity index (χ1n) is 5.69. The normalized spacial score (nSPS) is 11.4. The number of hydrogen-bond acceptors (Lipinski definition) is 3. The fraction of sp³-hybridized carbons (Fsp3) is 0.0714. The van der Waals surface area contributed by atoms with Gasteiger partial charge in [-0.15, -0.1) is 0 Å². The molecule has 0 aliphatic rings. The van der Waals surface area contributed by atoms with Crippen molar-refractivity contribution in [1.82, 2.24) is 0 Å². The molecule has 0 spiro atoms. The summed E-state index contributed by atoms with van der Waals surface area (Å²) in [6.07, 6.45) is 0. The highest BCUT2D eigenvalue weighted by Crippen LogP contribution is 2.27. The lowest BCUT2D eigenvalue weighted by molar-refractivity contribution is 0.318. The molecule has 98 valence electrons. The zero-order valence-corrected chi connectivity index (χ0v) is 10.4. The Kier molecular flexibility index (Phi) is 3.66. The van der Waals surface area contributed by atoms with Crippen LogP contribution in [0.5, 0.6) is 0 Å². The van der Waals surface area contributed by atoms with Gasteiger partial charge >= 0.3 is 0 Å². The molecule has 0 aliphatic carbocycles. The molecule has 0 radical (unpaired) electrons. The van der Waals surface area contributed by atoms with Crippen LogP contribution in [0.1, 0.15) is 5.56 Å². The molecule has 4 nitrogen and oxygen atoms in total. The van der Waals surface area contributed by atoms with Crippen LogP contribution in [0.25, 0.3) is 0 Å². The Bertz CT molecular complexity index is 599. The van der Waals surface area contributed by atoms with Gasteiger partial charge in [-0.25, -0.2) is 4.39 Å². The van der Waals surface area contributed by atoms with Crippen molar-refractivity contribution in [3.8, 4) is 0 Å². The van der Waals surface area contributed by atoms with E-state index >= 15 is 0 Å². The molecule has 0 unspecified atom stereocenters. The largest absolute Gasteiger partial charge is 0.409 e. The van der Waals surface area contributed by atoms with Gasteiger partial charge in [-0.05, 0) is 30.3 Å². The van der Waals surface area contributed by atoms with Crippen LogP contribution in [-0.4, -0.2) is 18.1 Å². The molecule has 0 fully saturated rings. The van der Waals surface area contributed by atoms with Crippen molar-refractivity contribution < 1.29 is 9.60 Å². The van der Waals surface area contributed by atoms with E-state index in [1.165, 1.54) is 12.1 Å². The number of halogens is 1. The summed E-state index contributed by atoms with van der Waals surface area (Å²) in [7, 11) is 1.83. The predicted octanol–water partition coefficient (Wildman–Crippen LogP) is 2.69. The minimum absolute atomic E-state index is 0.128. The fourth-order valence-electron chi connectivity index (χ4n) is 1.85. The molecule has 2 aromatic rings. The third-order valence-corrected chi connectivity index (χ3v) is 2.85. The van der Waals surface area contributed by atoms with Gasteiger partial charge in [0.15, 0.2) is 5.84 Å². The molecular formula is C14H14FN3O. The molecule has 3 N–H and O–H groups in total. The molecular weight excluding hydrogens is 245 g/mol. The number of rotatable bonds is 3. The number of para-hydroxylation sites is 1. The van der Waals surface area contributed by atoms with Gasteiger partial charge in [0.1, 0.15) is 5.82 Å². The van der Waals surface area contributed by atoms with Gasteiger partial charge in [-0.2, -0.15) is 0 Å². The van der Waals surface area contributed by atoms with Crippen molar-refractivity contribution >= 4 is 17.2 Å². The highest BCUT2D eigenvalue weighted by molar-refractivity contribution is 6.02. The first-order chi connectivity index (χ1) is 9.13. The van der Waals surface area contributed by atoms with Gasteiger partial charge in [-0.3, -0.25) is 0 Å². The van der Waals surface area contributed by atoms with Gasteiger partial charge in [0, 0.05) is 18.3 Å². The first-order valence-corrected chi connectivity index (χ1v) is 5.69. The van der Waals surface area contributed by atoms with Crippen molar-refractivity contribution in [2.24, 2.45) is 10.9 Å². The third kappa shape index (κ3) is 2.65. The smallest absolute Gasteiger partial charge is 0.172 e. The van der Waals surface area contributed by atoms with Crippen molar-refractivity contribution in [3.63, 3.8) is 0 Å². The SMILES string of the molecule is CN(c1ccccc1)c1ccc(F)cc1/C(N)=N/O. The summed E-state index contributed by atoms with van der Waals surface area (Å²) in [5, 5.41) is 11.7. The zero-order valence-electron chi connectivity index (χ0n) is 10.4. The van der Waals surface area contributed by atoms with Crippen LogP contribution in [0.3, 0.4) is 0 Å². The zero-order chi connectivity index (χ0) is 13.8. The van der Waals surface area contributed by atoms with Crippen LogP contribution in [0, 0.1) is 5.82 Å². The summed E-state index contributed by atoms with van der Waals surface area (Å²) >= 11 is 0. The molecule has 2 aromatic carbocycles. The van der Waals surface area contributed by atoms with E-state index in [4.69, 9.17) is 10.9 Å². The molecule has 0 bridgehead atoms. The van der Waals surface area contributed by atoms with Crippen molar-refractivity contribution in [2.75, 3.05) is 11.9 Å². The standard InChI is InChI=1S/C14H14FN3O/c1-18(11-5-3-2-4-6-11)13-8-7-10(15)9-12(13)14(16)17-19/h2-9,19H,1H3,(H2,16,17). The van der Waals surface area contributed by atoms with Gasteiger partial charge in [0.2, 0.25) is 0 Å². The molecule has 0 heterocycles. The highest BCUT2D eigenvalue weighted by Gasteiger charge is 2.13. The molecule has 0 atom stereocenters. The second-order valence-corrected chi connectivity index (χ2v) is 4.04. The lowest BCUT2D eigenvalue weighted by atomic mass is 10.1. The van der Waals surface area contributed by atoms with E-state index in [-0.39, 0.29) is 5.84 Å². The number of amidine groups is 1. The Morgan fingerprint density at radius 3 is 2.53 bits per heavy atom. The maximum Gasteiger partial charge on any atom is 0.172 e. The van der Waals surface area contributed by atoms with Crippen molar-refractivity contribution in [1.29, 1.82) is 0 Å². The summed E-state index contributed by atoms with van der Waals surface area (Å²) < 4.78 is 13.3. The van der Waals surface area contributed by atoms with Crippen LogP contribution in [-0.2, 0) is 0 Å². The number of benzene rings is 2. The fourth-order valence-corrected chi connectivity index (χ4v) is 1.85. The van der Waals surface area contributed by atoms with Crippen molar-refractivity contribution in [2.45, 2.75) is 0 Å². The van der Waals surface area contributed by atoms with Crippen LogP contribution in [0.15, 0.2) is 53.7 Å². The van der Waals surface area contributed by atoms with E-state index in [0.29, 0.717) is 11.3 Å². The monoisotopic (exact) mass is 259 g/mol. The average molecular weight is 259 g/mol. The van der Waals surface area contributed by atoms with Crippen LogP contribution < -0.4 is 10.6 Å². The molecule has 0 saturated heterocycles. The second kappa shape index (κ2) is 5.39. The molecule has 0 aliphatic heterocycles. The number of nitrogens with zero attached hydrogens (tertiary/aromatic N) is 2. The Balaban J connectivity index is 2.50. The maximum atomic E-state index is 13.3. The van der Waals surface area contributed by atoms with Gasteiger partial charge in [-0.1, -0.05) is 23.4 Å². The maximum absolute atomic E-state index is 13.3. The molecule has 5 heteroatoms. The van der Waals surface area contributed by atoms with Gasteiger partial charge in [0.25, 0.3) is 0 Å². The Morgan fingerprint density at radius 1 is 1.21 bits per heavy atom. The number of oxime groups is 1. The molecule has 0 saturated carbocycles. The van der Waals surface area contributed by atoms with E-state index in [0.717, 1.165) is 5.69 Å². The minimum Gasteiger partial charge on any atom is -0.409 e. The number of nitrogens with two attached hydrogens (primary N) is 1. The van der Waals surface area contributed by atoms with Crippen LogP contribution >= 0.6 is 0 Å². The van der Waals surface area contributed by atoms with E-state index in [1.807, 2.05) is 42.3 Å².